The Morgan fingerprint density at radius 3 is 2.27 bits per heavy atom. The van der Waals surface area contributed by atoms with Crippen molar-refractivity contribution in [2.45, 2.75) is 38.9 Å². The van der Waals surface area contributed by atoms with Crippen LogP contribution in [-0.2, 0) is 4.43 Å². The van der Waals surface area contributed by atoms with Crippen LogP contribution in [0.15, 0.2) is 24.5 Å². The predicted octanol–water partition coefficient (Wildman–Crippen LogP) is 3.30. The quantitative estimate of drug-likeness (QED) is 0.442. The summed E-state index contributed by atoms with van der Waals surface area (Å²) in [7, 11) is 0.224. The lowest BCUT2D eigenvalue weighted by Gasteiger charge is -2.37. The molecule has 0 saturated heterocycles. The monoisotopic (exact) mass is 227 g/mol. The van der Waals surface area contributed by atoms with Gasteiger partial charge in [0, 0.05) is 0 Å². The van der Waals surface area contributed by atoms with Crippen molar-refractivity contribution in [1.29, 1.82) is 0 Å². The maximum atomic E-state index is 6.15. The second-order valence-corrected chi connectivity index (χ2v) is 9.99. The number of allylic oxidation sites excluding steroid dienone is 2. The molecule has 15 heavy (non-hydrogen) atoms. The van der Waals surface area contributed by atoms with E-state index in [9.17, 15) is 0 Å². The van der Waals surface area contributed by atoms with Crippen LogP contribution in [0.3, 0.4) is 0 Å². The topological polar surface area (TPSA) is 21.3 Å². The fourth-order valence-electron chi connectivity index (χ4n) is 0.916. The van der Waals surface area contributed by atoms with Gasteiger partial charge in [-0.25, -0.2) is 0 Å². The molecule has 0 radical (unpaired) electrons. The van der Waals surface area contributed by atoms with Gasteiger partial charge in [0.25, 0.3) is 0 Å². The zero-order valence-electron chi connectivity index (χ0n) is 11.0. The SMILES string of the molecule is C=C/C=C(\CNC)O[Si](C)(C)C(C)(C)C. The Bertz CT molecular complexity index is 238. The van der Waals surface area contributed by atoms with Crippen LogP contribution in [0.25, 0.3) is 0 Å². The zero-order valence-corrected chi connectivity index (χ0v) is 12.0. The second kappa shape index (κ2) is 5.52. The van der Waals surface area contributed by atoms with E-state index in [1.54, 1.807) is 6.08 Å². The summed E-state index contributed by atoms with van der Waals surface area (Å²) in [5, 5.41) is 3.34. The maximum absolute atomic E-state index is 6.15. The summed E-state index contributed by atoms with van der Waals surface area (Å²) in [5.41, 5.74) is 0. The number of hydrogen-bond acceptors (Lipinski definition) is 2. The normalized spacial score (nSPS) is 13.9. The van der Waals surface area contributed by atoms with Crippen molar-refractivity contribution in [1.82, 2.24) is 5.32 Å². The summed E-state index contributed by atoms with van der Waals surface area (Å²) in [6.45, 7) is 15.7. The van der Waals surface area contributed by atoms with E-state index in [0.29, 0.717) is 0 Å². The van der Waals surface area contributed by atoms with Gasteiger partial charge in [0.05, 0.1) is 12.3 Å². The Labute approximate surface area is 95.5 Å². The molecule has 0 spiro atoms. The summed E-state index contributed by atoms with van der Waals surface area (Å²) in [6, 6.07) is 0. The fourth-order valence-corrected chi connectivity index (χ4v) is 2.02. The van der Waals surface area contributed by atoms with Gasteiger partial charge in [-0.15, -0.1) is 0 Å². The predicted molar refractivity (Wildman–Crippen MR) is 70.5 cm³/mol. The minimum atomic E-state index is -1.70. The summed E-state index contributed by atoms with van der Waals surface area (Å²) in [5.74, 6) is 0.985. The first-order valence-electron chi connectivity index (χ1n) is 5.40. The first-order valence-corrected chi connectivity index (χ1v) is 8.30. The van der Waals surface area contributed by atoms with Crippen molar-refractivity contribution in [3.63, 3.8) is 0 Å². The number of rotatable bonds is 5. The standard InChI is InChI=1S/C12H25NOSi/c1-8-9-11(10-13-5)14-15(6,7)12(2,3)4/h8-9,13H,1,10H2,2-7H3/b11-9+. The lowest BCUT2D eigenvalue weighted by atomic mass is 10.2. The molecule has 0 fully saturated rings. The highest BCUT2D eigenvalue weighted by Gasteiger charge is 2.39. The molecule has 0 bridgehead atoms. The van der Waals surface area contributed by atoms with E-state index in [4.69, 9.17) is 4.43 Å². The molecule has 0 aromatic rings. The average Bonchev–Trinajstić information content (AvgIpc) is 2.02. The molecule has 1 N–H and O–H groups in total. The van der Waals surface area contributed by atoms with Gasteiger partial charge in [-0.2, -0.15) is 0 Å². The van der Waals surface area contributed by atoms with Crippen LogP contribution in [0.4, 0.5) is 0 Å². The molecule has 0 aromatic heterocycles. The molecule has 88 valence electrons. The molecule has 0 aliphatic rings. The van der Waals surface area contributed by atoms with Crippen LogP contribution in [0, 0.1) is 0 Å². The van der Waals surface area contributed by atoms with Gasteiger partial charge in [-0.05, 0) is 31.3 Å². The van der Waals surface area contributed by atoms with E-state index in [2.05, 4.69) is 45.8 Å². The Hall–Kier alpha value is -0.543. The van der Waals surface area contributed by atoms with E-state index in [0.717, 1.165) is 12.3 Å². The van der Waals surface area contributed by atoms with Crippen molar-refractivity contribution in [3.8, 4) is 0 Å². The van der Waals surface area contributed by atoms with Gasteiger partial charge < -0.3 is 9.74 Å². The largest absolute Gasteiger partial charge is 0.545 e. The summed E-state index contributed by atoms with van der Waals surface area (Å²) < 4.78 is 6.15. The Kier molecular flexibility index (Phi) is 5.32. The molecule has 0 amide bonds. The van der Waals surface area contributed by atoms with Gasteiger partial charge in [0.1, 0.15) is 0 Å². The molecule has 0 atom stereocenters. The van der Waals surface area contributed by atoms with E-state index < -0.39 is 8.32 Å². The Morgan fingerprint density at radius 2 is 1.93 bits per heavy atom. The molecule has 0 aliphatic carbocycles. The molecule has 0 rings (SSSR count). The zero-order chi connectivity index (χ0) is 12.1. The maximum Gasteiger partial charge on any atom is 0.250 e. The first kappa shape index (κ1) is 14.5. The minimum absolute atomic E-state index is 0.237. The fraction of sp³-hybridized carbons (Fsp3) is 0.667. The van der Waals surface area contributed by atoms with Crippen molar-refractivity contribution < 1.29 is 4.43 Å². The average molecular weight is 227 g/mol. The third kappa shape index (κ3) is 4.67. The van der Waals surface area contributed by atoms with Crippen molar-refractivity contribution in [2.75, 3.05) is 13.6 Å². The molecule has 0 heterocycles. The number of nitrogens with one attached hydrogen (secondary N) is 1. The van der Waals surface area contributed by atoms with Gasteiger partial charge in [0.15, 0.2) is 0 Å². The van der Waals surface area contributed by atoms with Crippen molar-refractivity contribution in [2.24, 2.45) is 0 Å². The van der Waals surface area contributed by atoms with Gasteiger partial charge in [-0.3, -0.25) is 0 Å². The van der Waals surface area contributed by atoms with Crippen LogP contribution in [0.5, 0.6) is 0 Å². The van der Waals surface area contributed by atoms with E-state index in [1.807, 2.05) is 13.1 Å². The highest BCUT2D eigenvalue weighted by Crippen LogP contribution is 2.37. The van der Waals surface area contributed by atoms with E-state index >= 15 is 0 Å². The third-order valence-corrected chi connectivity index (χ3v) is 7.23. The van der Waals surface area contributed by atoms with Crippen LogP contribution in [-0.4, -0.2) is 21.9 Å². The number of hydrogen-bond donors (Lipinski definition) is 1. The minimum Gasteiger partial charge on any atom is -0.545 e. The van der Waals surface area contributed by atoms with E-state index in [-0.39, 0.29) is 5.04 Å². The van der Waals surface area contributed by atoms with Crippen molar-refractivity contribution in [3.05, 3.63) is 24.5 Å². The van der Waals surface area contributed by atoms with Gasteiger partial charge >= 0.3 is 0 Å². The molecule has 0 aromatic carbocycles. The molecule has 0 saturated carbocycles. The smallest absolute Gasteiger partial charge is 0.250 e. The first-order chi connectivity index (χ1) is 6.74. The number of likely N-dealkylation sites (N-methyl/N-ethyl adjacent to an activating group) is 1. The summed E-state index contributed by atoms with van der Waals surface area (Å²) >= 11 is 0. The van der Waals surface area contributed by atoms with Gasteiger partial charge in [-0.1, -0.05) is 33.4 Å². The summed E-state index contributed by atoms with van der Waals surface area (Å²) in [6.07, 6.45) is 3.72. The highest BCUT2D eigenvalue weighted by molar-refractivity contribution is 6.74. The molecular formula is C12H25NOSi. The molecule has 0 aliphatic heterocycles. The van der Waals surface area contributed by atoms with Gasteiger partial charge in [0.2, 0.25) is 8.32 Å². The Balaban J connectivity index is 4.67. The van der Waals surface area contributed by atoms with Crippen LogP contribution in [0.2, 0.25) is 18.1 Å². The van der Waals surface area contributed by atoms with Crippen LogP contribution < -0.4 is 5.32 Å². The molecule has 0 unspecified atom stereocenters. The second-order valence-electron chi connectivity index (χ2n) is 5.26. The van der Waals surface area contributed by atoms with E-state index in [1.165, 1.54) is 0 Å². The molecule has 3 heteroatoms. The molecule has 2 nitrogen and oxygen atoms in total. The Morgan fingerprint density at radius 1 is 1.40 bits per heavy atom. The highest BCUT2D eigenvalue weighted by atomic mass is 28.4. The molecular weight excluding hydrogens is 202 g/mol. The van der Waals surface area contributed by atoms with Crippen molar-refractivity contribution >= 4 is 8.32 Å². The lowest BCUT2D eigenvalue weighted by Crippen LogP contribution is -2.41. The van der Waals surface area contributed by atoms with Crippen LogP contribution >= 0.6 is 0 Å². The lowest BCUT2D eigenvalue weighted by molar-refractivity contribution is 0.371. The summed E-state index contributed by atoms with van der Waals surface area (Å²) in [4.78, 5) is 0. The third-order valence-electron chi connectivity index (χ3n) is 2.85. The van der Waals surface area contributed by atoms with Crippen LogP contribution in [0.1, 0.15) is 20.8 Å².